The second-order valence-corrected chi connectivity index (χ2v) is 6.23. The molecule has 0 atom stereocenters. The van der Waals surface area contributed by atoms with Gasteiger partial charge in [0.1, 0.15) is 0 Å². The van der Waals surface area contributed by atoms with E-state index in [9.17, 15) is 10.2 Å². The molecule has 7 heteroatoms. The lowest BCUT2D eigenvalue weighted by molar-refractivity contribution is -0.135. The molecule has 2 saturated carbocycles. The van der Waals surface area contributed by atoms with Crippen molar-refractivity contribution in [2.45, 2.75) is 68.4 Å². The molecule has 0 unspecified atom stereocenters. The van der Waals surface area contributed by atoms with Gasteiger partial charge in [-0.05, 0) is 38.5 Å². The zero-order valence-corrected chi connectivity index (χ0v) is 13.4. The molecule has 20 heavy (non-hydrogen) atoms. The molecule has 0 aliphatic heterocycles. The van der Waals surface area contributed by atoms with Crippen molar-refractivity contribution in [3.63, 3.8) is 0 Å². The van der Waals surface area contributed by atoms with E-state index in [0.717, 1.165) is 52.4 Å². The summed E-state index contributed by atoms with van der Waals surface area (Å²) >= 11 is 3.44. The van der Waals surface area contributed by atoms with Crippen LogP contribution >= 0.6 is 15.9 Å². The van der Waals surface area contributed by atoms with Crippen LogP contribution in [0.15, 0.2) is 0 Å². The third-order valence-corrected chi connectivity index (χ3v) is 5.09. The molecule has 0 heterocycles. The molecule has 0 aromatic heterocycles. The van der Waals surface area contributed by atoms with E-state index >= 15 is 0 Å². The first-order valence-electron chi connectivity index (χ1n) is 6.51. The average molecular weight is 355 g/mol. The molecule has 0 spiro atoms. The van der Waals surface area contributed by atoms with Crippen molar-refractivity contribution in [1.82, 2.24) is 0 Å². The second-order valence-electron chi connectivity index (χ2n) is 5.31. The Kier molecular flexibility index (Phi) is 7.69. The Labute approximate surface area is 126 Å². The fraction of sp³-hybridized carbons (Fsp3) is 0.846. The number of hydrogen-bond donors (Lipinski definition) is 4. The smallest absolute Gasteiger partial charge is 0.300 e. The van der Waals surface area contributed by atoms with E-state index < -0.39 is 23.1 Å². The minimum Gasteiger partial charge on any atom is -0.481 e. The quantitative estimate of drug-likeness (QED) is 0.492. The van der Waals surface area contributed by atoms with E-state index in [0.29, 0.717) is 0 Å². The van der Waals surface area contributed by atoms with Crippen molar-refractivity contribution >= 4 is 27.9 Å². The van der Waals surface area contributed by atoms with Gasteiger partial charge < -0.3 is 20.4 Å². The zero-order chi connectivity index (χ0) is 16.0. The number of fused-ring (bicyclic) bond motifs is 2. The van der Waals surface area contributed by atoms with Crippen molar-refractivity contribution in [2.24, 2.45) is 0 Å². The van der Waals surface area contributed by atoms with Crippen LogP contribution in [0.4, 0.5) is 0 Å². The van der Waals surface area contributed by atoms with Crippen molar-refractivity contribution in [1.29, 1.82) is 0 Å². The summed E-state index contributed by atoms with van der Waals surface area (Å²) in [6, 6.07) is 0. The minimum absolute atomic E-state index is 0.111. The van der Waals surface area contributed by atoms with Crippen LogP contribution < -0.4 is 0 Å². The molecule has 0 radical (unpaired) electrons. The predicted molar refractivity (Wildman–Crippen MR) is 76.9 cm³/mol. The minimum atomic E-state index is -0.833. The highest BCUT2D eigenvalue weighted by Gasteiger charge is 2.53. The Morgan fingerprint density at radius 3 is 1.25 bits per heavy atom. The lowest BCUT2D eigenvalue weighted by Crippen LogP contribution is -2.59. The SMILES string of the molecule is CC(=O)O.CC(=O)O.OC12CCCC(O)(CCC1)C2Br. The second kappa shape index (κ2) is 7.95. The molecule has 118 valence electrons. The third kappa shape index (κ3) is 6.19. The van der Waals surface area contributed by atoms with Crippen molar-refractivity contribution in [3.8, 4) is 0 Å². The van der Waals surface area contributed by atoms with Crippen LogP contribution in [0.3, 0.4) is 0 Å². The van der Waals surface area contributed by atoms with Gasteiger partial charge in [-0.1, -0.05) is 15.9 Å². The van der Waals surface area contributed by atoms with E-state index in [2.05, 4.69) is 15.9 Å². The Morgan fingerprint density at radius 2 is 1.10 bits per heavy atom. The standard InChI is InChI=1S/C9H15BrO2.2C2H4O2/c10-7-8(11)3-1-4-9(7,12)6-2-5-8;2*1-2(3)4/h7,11-12H,1-6H2;2*1H3,(H,3,4). The van der Waals surface area contributed by atoms with E-state index in [1.807, 2.05) is 0 Å². The van der Waals surface area contributed by atoms with Crippen LogP contribution in [0.1, 0.15) is 52.4 Å². The number of carbonyl (C=O) groups is 2. The number of rotatable bonds is 0. The monoisotopic (exact) mass is 354 g/mol. The maximum Gasteiger partial charge on any atom is 0.300 e. The third-order valence-electron chi connectivity index (χ3n) is 3.38. The molecular formula is C13H23BrO6. The largest absolute Gasteiger partial charge is 0.481 e. The molecule has 0 aromatic carbocycles. The molecule has 2 bridgehead atoms. The molecule has 2 fully saturated rings. The van der Waals surface area contributed by atoms with Gasteiger partial charge in [-0.2, -0.15) is 0 Å². The van der Waals surface area contributed by atoms with Gasteiger partial charge in [0.05, 0.1) is 16.0 Å². The van der Waals surface area contributed by atoms with Gasteiger partial charge in [0.2, 0.25) is 0 Å². The normalized spacial score (nSPS) is 34.8. The van der Waals surface area contributed by atoms with Crippen LogP contribution in [0.2, 0.25) is 0 Å². The number of alkyl halides is 1. The fourth-order valence-electron chi connectivity index (χ4n) is 2.66. The van der Waals surface area contributed by atoms with E-state index in [-0.39, 0.29) is 4.83 Å². The van der Waals surface area contributed by atoms with Gasteiger partial charge in [0.25, 0.3) is 11.9 Å². The maximum absolute atomic E-state index is 10.1. The molecule has 2 aliphatic carbocycles. The van der Waals surface area contributed by atoms with Crippen molar-refractivity contribution in [2.75, 3.05) is 0 Å². The predicted octanol–water partition coefficient (Wildman–Crippen LogP) is 1.76. The summed E-state index contributed by atoms with van der Waals surface area (Å²) in [6.45, 7) is 2.17. The number of hydrogen-bond acceptors (Lipinski definition) is 4. The lowest BCUT2D eigenvalue weighted by Gasteiger charge is -2.51. The molecule has 0 aromatic rings. The number of aliphatic hydroxyl groups is 2. The average Bonchev–Trinajstić information content (AvgIpc) is 2.22. The van der Waals surface area contributed by atoms with E-state index in [4.69, 9.17) is 19.8 Å². The van der Waals surface area contributed by atoms with Crippen LogP contribution in [-0.4, -0.2) is 48.4 Å². The highest BCUT2D eigenvalue weighted by molar-refractivity contribution is 9.09. The first-order valence-corrected chi connectivity index (χ1v) is 7.43. The number of carboxylic acid groups (broad SMARTS) is 2. The lowest BCUT2D eigenvalue weighted by atomic mass is 9.66. The summed E-state index contributed by atoms with van der Waals surface area (Å²) in [7, 11) is 0. The topological polar surface area (TPSA) is 115 Å². The van der Waals surface area contributed by atoms with Gasteiger partial charge in [-0.15, -0.1) is 0 Å². The van der Waals surface area contributed by atoms with Crippen LogP contribution in [-0.2, 0) is 9.59 Å². The molecule has 6 nitrogen and oxygen atoms in total. The zero-order valence-electron chi connectivity index (χ0n) is 11.8. The first kappa shape index (κ1) is 19.3. The summed E-state index contributed by atoms with van der Waals surface area (Å²) in [5.41, 5.74) is -1.27. The molecular weight excluding hydrogens is 332 g/mol. The maximum atomic E-state index is 10.1. The van der Waals surface area contributed by atoms with E-state index in [1.54, 1.807) is 0 Å². The van der Waals surface area contributed by atoms with E-state index in [1.165, 1.54) is 0 Å². The highest BCUT2D eigenvalue weighted by atomic mass is 79.9. The molecule has 2 aliphatic rings. The van der Waals surface area contributed by atoms with Crippen LogP contribution in [0, 0.1) is 0 Å². The highest BCUT2D eigenvalue weighted by Crippen LogP contribution is 2.49. The van der Waals surface area contributed by atoms with Crippen molar-refractivity contribution in [3.05, 3.63) is 0 Å². The Morgan fingerprint density at radius 1 is 0.900 bits per heavy atom. The molecule has 2 rings (SSSR count). The summed E-state index contributed by atoms with van der Waals surface area (Å²) in [5.74, 6) is -1.67. The first-order chi connectivity index (χ1) is 9.03. The number of carboxylic acids is 2. The molecule has 0 amide bonds. The summed E-state index contributed by atoms with van der Waals surface area (Å²) < 4.78 is 0. The summed E-state index contributed by atoms with van der Waals surface area (Å²) in [4.78, 5) is 17.9. The molecule has 0 saturated heterocycles. The Balaban J connectivity index is 0.000000380. The fourth-order valence-corrected chi connectivity index (χ4v) is 3.57. The number of halogens is 1. The summed E-state index contributed by atoms with van der Waals surface area (Å²) in [5, 5.41) is 35.1. The number of aliphatic carboxylic acids is 2. The molecule has 4 N–H and O–H groups in total. The van der Waals surface area contributed by atoms with Crippen molar-refractivity contribution < 1.29 is 30.0 Å². The summed E-state index contributed by atoms with van der Waals surface area (Å²) in [6.07, 6.45) is 5.26. The Bertz CT molecular complexity index is 296. The van der Waals surface area contributed by atoms with Gasteiger partial charge in [-0.25, -0.2) is 0 Å². The Hall–Kier alpha value is -0.660. The van der Waals surface area contributed by atoms with Gasteiger partial charge >= 0.3 is 0 Å². The van der Waals surface area contributed by atoms with Crippen LogP contribution in [0.5, 0.6) is 0 Å². The van der Waals surface area contributed by atoms with Crippen LogP contribution in [0.25, 0.3) is 0 Å². The van der Waals surface area contributed by atoms with Gasteiger partial charge in [0.15, 0.2) is 0 Å². The van der Waals surface area contributed by atoms with Gasteiger partial charge in [-0.3, -0.25) is 9.59 Å². The van der Waals surface area contributed by atoms with Gasteiger partial charge in [0, 0.05) is 13.8 Å².